The fourth-order valence-corrected chi connectivity index (χ4v) is 1.38. The van der Waals surface area contributed by atoms with Gasteiger partial charge in [0, 0.05) is 5.69 Å². The van der Waals surface area contributed by atoms with Gasteiger partial charge in [0.25, 0.3) is 0 Å². The third kappa shape index (κ3) is 4.97. The molecule has 0 atom stereocenters. The van der Waals surface area contributed by atoms with Crippen LogP contribution in [-0.4, -0.2) is 30.5 Å². The molecule has 0 saturated carbocycles. The number of nitrogens with two attached hydrogens (primary N) is 1. The Morgan fingerprint density at radius 2 is 1.79 bits per heavy atom. The van der Waals surface area contributed by atoms with E-state index < -0.39 is 0 Å². The summed E-state index contributed by atoms with van der Waals surface area (Å²) in [4.78, 5) is 12.9. The average Bonchev–Trinajstić information content (AvgIpc) is 2.40. The molecule has 6 nitrogen and oxygen atoms in total. The van der Waals surface area contributed by atoms with E-state index in [1.165, 1.54) is 4.90 Å². The number of carbonyl (C=O) groups excluding carboxylic acids is 1. The highest BCUT2D eigenvalue weighted by Gasteiger charge is 2.12. The van der Waals surface area contributed by atoms with E-state index in [9.17, 15) is 4.79 Å². The number of anilines is 1. The zero-order valence-corrected chi connectivity index (χ0v) is 10.4. The van der Waals surface area contributed by atoms with Gasteiger partial charge in [-0.2, -0.15) is 10.5 Å². The van der Waals surface area contributed by atoms with Crippen molar-refractivity contribution >= 4 is 11.6 Å². The Hall–Kier alpha value is -2.73. The first-order valence-corrected chi connectivity index (χ1v) is 5.67. The maximum Gasteiger partial charge on any atom is 0.227 e. The average molecular weight is 258 g/mol. The largest absolute Gasteiger partial charge is 0.493 e. The number of benzene rings is 1. The summed E-state index contributed by atoms with van der Waals surface area (Å²) in [6.45, 7) is 0.0125. The van der Waals surface area contributed by atoms with Gasteiger partial charge in [-0.15, -0.1) is 0 Å². The van der Waals surface area contributed by atoms with E-state index in [1.807, 2.05) is 12.1 Å². The maximum atomic E-state index is 11.7. The fraction of sp³-hybridized carbons (Fsp3) is 0.308. The normalized spacial score (nSPS) is 9.16. The lowest BCUT2D eigenvalue weighted by molar-refractivity contribution is -0.130. The second-order valence-electron chi connectivity index (χ2n) is 3.73. The van der Waals surface area contributed by atoms with Gasteiger partial charge in [0.2, 0.25) is 5.91 Å². The number of hydrogen-bond donors (Lipinski definition) is 1. The summed E-state index contributed by atoms with van der Waals surface area (Å²) in [5.74, 6) is 0.340. The smallest absolute Gasteiger partial charge is 0.227 e. The van der Waals surface area contributed by atoms with Gasteiger partial charge in [-0.3, -0.25) is 4.79 Å². The van der Waals surface area contributed by atoms with E-state index in [0.29, 0.717) is 11.4 Å². The van der Waals surface area contributed by atoms with E-state index in [4.69, 9.17) is 21.0 Å². The Bertz CT molecular complexity index is 483. The van der Waals surface area contributed by atoms with Crippen molar-refractivity contribution in [2.75, 3.05) is 25.4 Å². The van der Waals surface area contributed by atoms with E-state index in [2.05, 4.69) is 0 Å². The number of nitriles is 2. The van der Waals surface area contributed by atoms with Crippen LogP contribution in [0, 0.1) is 22.7 Å². The molecule has 0 fully saturated rings. The molecule has 1 amide bonds. The third-order valence-corrected chi connectivity index (χ3v) is 2.34. The Balaban J connectivity index is 2.39. The Kier molecular flexibility index (Phi) is 5.71. The molecule has 1 rings (SSSR count). The number of carbonyl (C=O) groups is 1. The highest BCUT2D eigenvalue weighted by Crippen LogP contribution is 2.13. The molecule has 1 aromatic rings. The fourth-order valence-electron chi connectivity index (χ4n) is 1.38. The second-order valence-corrected chi connectivity index (χ2v) is 3.73. The first kappa shape index (κ1) is 14.3. The van der Waals surface area contributed by atoms with Crippen molar-refractivity contribution in [2.24, 2.45) is 0 Å². The number of amides is 1. The number of nitrogens with zero attached hydrogens (tertiary/aromatic N) is 3. The SMILES string of the molecule is N#CCN(CC#N)C(=O)CCOc1ccc(N)cc1. The van der Waals surface area contributed by atoms with Crippen molar-refractivity contribution in [3.8, 4) is 17.9 Å². The molecule has 0 aliphatic heterocycles. The molecule has 0 bridgehead atoms. The summed E-state index contributed by atoms with van der Waals surface area (Å²) >= 11 is 0. The van der Waals surface area contributed by atoms with Gasteiger partial charge in [0.1, 0.15) is 18.8 Å². The van der Waals surface area contributed by atoms with E-state index >= 15 is 0 Å². The van der Waals surface area contributed by atoms with Gasteiger partial charge >= 0.3 is 0 Å². The van der Waals surface area contributed by atoms with Crippen LogP contribution in [0.2, 0.25) is 0 Å². The molecule has 0 aliphatic carbocycles. The topological polar surface area (TPSA) is 103 Å². The number of ether oxygens (including phenoxy) is 1. The molecule has 6 heteroatoms. The van der Waals surface area contributed by atoms with Gasteiger partial charge in [0.15, 0.2) is 0 Å². The lowest BCUT2D eigenvalue weighted by Gasteiger charge is -2.15. The predicted octanol–water partition coefficient (Wildman–Crippen LogP) is 0.913. The molecule has 19 heavy (non-hydrogen) atoms. The molecule has 1 aromatic carbocycles. The quantitative estimate of drug-likeness (QED) is 0.603. The standard InChI is InChI=1S/C13H14N4O2/c14-6-8-17(9-7-15)13(18)5-10-19-12-3-1-11(16)2-4-12/h1-4H,5,8-10,16H2. The van der Waals surface area contributed by atoms with Crippen LogP contribution in [0.25, 0.3) is 0 Å². The summed E-state index contributed by atoms with van der Waals surface area (Å²) in [7, 11) is 0. The second kappa shape index (κ2) is 7.57. The van der Waals surface area contributed by atoms with E-state index in [1.54, 1.807) is 24.3 Å². The van der Waals surface area contributed by atoms with Crippen LogP contribution >= 0.6 is 0 Å². The number of hydrogen-bond acceptors (Lipinski definition) is 5. The summed E-state index contributed by atoms with van der Waals surface area (Å²) in [5.41, 5.74) is 6.17. The van der Waals surface area contributed by atoms with Crippen LogP contribution < -0.4 is 10.5 Å². The molecule has 0 heterocycles. The summed E-state index contributed by atoms with van der Waals surface area (Å²) < 4.78 is 5.37. The maximum absolute atomic E-state index is 11.7. The van der Waals surface area contributed by atoms with Crippen molar-refractivity contribution in [3.05, 3.63) is 24.3 Å². The first-order chi connectivity index (χ1) is 9.17. The minimum absolute atomic E-state index is 0.0890. The lowest BCUT2D eigenvalue weighted by atomic mass is 10.3. The van der Waals surface area contributed by atoms with E-state index in [-0.39, 0.29) is 32.0 Å². The van der Waals surface area contributed by atoms with Crippen LogP contribution in [0.5, 0.6) is 5.75 Å². The van der Waals surface area contributed by atoms with Crippen molar-refractivity contribution < 1.29 is 9.53 Å². The van der Waals surface area contributed by atoms with Crippen LogP contribution in [0.15, 0.2) is 24.3 Å². The van der Waals surface area contributed by atoms with Gasteiger partial charge in [0.05, 0.1) is 25.2 Å². The van der Waals surface area contributed by atoms with Crippen molar-refractivity contribution in [1.29, 1.82) is 10.5 Å². The summed E-state index contributed by atoms with van der Waals surface area (Å²) in [6, 6.07) is 10.5. The van der Waals surface area contributed by atoms with Crippen LogP contribution in [0.1, 0.15) is 6.42 Å². The molecule has 0 unspecified atom stereocenters. The first-order valence-electron chi connectivity index (χ1n) is 5.67. The molecular formula is C13H14N4O2. The Labute approximate surface area is 111 Å². The minimum Gasteiger partial charge on any atom is -0.493 e. The van der Waals surface area contributed by atoms with Crippen LogP contribution in [-0.2, 0) is 4.79 Å². The molecular weight excluding hydrogens is 244 g/mol. The summed E-state index contributed by atoms with van der Waals surface area (Å²) in [5, 5.41) is 17.1. The Morgan fingerprint density at radius 3 is 2.32 bits per heavy atom. The molecule has 0 radical (unpaired) electrons. The van der Waals surface area contributed by atoms with Gasteiger partial charge in [-0.25, -0.2) is 0 Å². The highest BCUT2D eigenvalue weighted by atomic mass is 16.5. The van der Waals surface area contributed by atoms with E-state index in [0.717, 1.165) is 0 Å². The molecule has 0 spiro atoms. The van der Waals surface area contributed by atoms with Crippen molar-refractivity contribution in [3.63, 3.8) is 0 Å². The van der Waals surface area contributed by atoms with Gasteiger partial charge in [-0.05, 0) is 24.3 Å². The third-order valence-electron chi connectivity index (χ3n) is 2.34. The van der Waals surface area contributed by atoms with Crippen LogP contribution in [0.3, 0.4) is 0 Å². The lowest BCUT2D eigenvalue weighted by Crippen LogP contribution is -2.32. The molecule has 0 aliphatic rings. The predicted molar refractivity (Wildman–Crippen MR) is 68.8 cm³/mol. The number of nitrogen functional groups attached to an aromatic ring is 1. The molecule has 2 N–H and O–H groups in total. The zero-order valence-electron chi connectivity index (χ0n) is 10.4. The van der Waals surface area contributed by atoms with Gasteiger partial charge < -0.3 is 15.4 Å². The van der Waals surface area contributed by atoms with Crippen LogP contribution in [0.4, 0.5) is 5.69 Å². The van der Waals surface area contributed by atoms with Crippen molar-refractivity contribution in [1.82, 2.24) is 4.90 Å². The summed E-state index contributed by atoms with van der Waals surface area (Å²) in [6.07, 6.45) is 0.119. The zero-order chi connectivity index (χ0) is 14.1. The monoisotopic (exact) mass is 258 g/mol. The minimum atomic E-state index is -0.279. The van der Waals surface area contributed by atoms with Gasteiger partial charge in [-0.1, -0.05) is 0 Å². The molecule has 0 aromatic heterocycles. The molecule has 98 valence electrons. The molecule has 0 saturated heterocycles. The Morgan fingerprint density at radius 1 is 1.21 bits per heavy atom. The number of rotatable bonds is 6. The highest BCUT2D eigenvalue weighted by molar-refractivity contribution is 5.76. The van der Waals surface area contributed by atoms with Crippen molar-refractivity contribution in [2.45, 2.75) is 6.42 Å².